The van der Waals surface area contributed by atoms with Crippen LogP contribution in [-0.2, 0) is 0 Å². The van der Waals surface area contributed by atoms with E-state index in [2.05, 4.69) is 5.16 Å². The molecule has 3 N–H and O–H groups in total. The van der Waals surface area contributed by atoms with E-state index in [1.54, 1.807) is 17.9 Å². The van der Waals surface area contributed by atoms with E-state index >= 15 is 0 Å². The molecule has 1 heterocycles. The van der Waals surface area contributed by atoms with E-state index in [0.29, 0.717) is 38.3 Å². The fourth-order valence-electron chi connectivity index (χ4n) is 2.41. The van der Waals surface area contributed by atoms with Crippen LogP contribution in [0.1, 0.15) is 15.9 Å². The number of amides is 1. The standard InChI is InChI=1S/C14H19FN4O2/c1-10-6-11(8-12(15)7-10)14(20)19-4-2-18(3-5-19)9-13(16)17-21/h6-8,21H,2-5,9H2,1H3,(H2,16,17). The molecule has 114 valence electrons. The fourth-order valence-corrected chi connectivity index (χ4v) is 2.41. The molecule has 0 bridgehead atoms. The van der Waals surface area contributed by atoms with Gasteiger partial charge in [-0.25, -0.2) is 4.39 Å². The Morgan fingerprint density at radius 1 is 1.33 bits per heavy atom. The predicted octanol–water partition coefficient (Wildman–Crippen LogP) is 0.638. The molecule has 1 aliphatic heterocycles. The van der Waals surface area contributed by atoms with Crippen LogP contribution >= 0.6 is 0 Å². The van der Waals surface area contributed by atoms with E-state index in [1.165, 1.54) is 12.1 Å². The molecule has 0 saturated carbocycles. The van der Waals surface area contributed by atoms with Crippen molar-refractivity contribution in [1.82, 2.24) is 9.80 Å². The molecule has 0 aromatic heterocycles. The van der Waals surface area contributed by atoms with E-state index in [4.69, 9.17) is 10.9 Å². The first-order valence-corrected chi connectivity index (χ1v) is 6.75. The number of amidine groups is 1. The summed E-state index contributed by atoms with van der Waals surface area (Å²) in [7, 11) is 0. The van der Waals surface area contributed by atoms with Crippen LogP contribution in [0.25, 0.3) is 0 Å². The third kappa shape index (κ3) is 3.91. The minimum absolute atomic E-state index is 0.149. The van der Waals surface area contributed by atoms with Gasteiger partial charge in [-0.2, -0.15) is 0 Å². The van der Waals surface area contributed by atoms with Crippen molar-refractivity contribution < 1.29 is 14.4 Å². The second kappa shape index (κ2) is 6.53. The van der Waals surface area contributed by atoms with E-state index < -0.39 is 5.82 Å². The molecule has 0 spiro atoms. The lowest BCUT2D eigenvalue weighted by molar-refractivity contribution is 0.0652. The molecule has 6 nitrogen and oxygen atoms in total. The Hall–Kier alpha value is -2.15. The number of benzene rings is 1. The highest BCUT2D eigenvalue weighted by molar-refractivity contribution is 5.94. The summed E-state index contributed by atoms with van der Waals surface area (Å²) in [5.41, 5.74) is 6.56. The Morgan fingerprint density at radius 3 is 2.57 bits per heavy atom. The monoisotopic (exact) mass is 294 g/mol. The third-order valence-electron chi connectivity index (χ3n) is 3.46. The number of nitrogens with zero attached hydrogens (tertiary/aromatic N) is 3. The lowest BCUT2D eigenvalue weighted by atomic mass is 10.1. The minimum Gasteiger partial charge on any atom is -0.409 e. The summed E-state index contributed by atoms with van der Waals surface area (Å²) in [6, 6.07) is 4.35. The van der Waals surface area contributed by atoms with Gasteiger partial charge in [0.05, 0.1) is 6.54 Å². The van der Waals surface area contributed by atoms with Gasteiger partial charge in [0, 0.05) is 31.7 Å². The summed E-state index contributed by atoms with van der Waals surface area (Å²) in [5.74, 6) is -0.416. The summed E-state index contributed by atoms with van der Waals surface area (Å²) in [6.45, 7) is 4.47. The Labute approximate surface area is 122 Å². The van der Waals surface area contributed by atoms with Gasteiger partial charge in [0.15, 0.2) is 5.84 Å². The molecular weight excluding hydrogens is 275 g/mol. The maximum atomic E-state index is 13.4. The average Bonchev–Trinajstić information content (AvgIpc) is 2.46. The first kappa shape index (κ1) is 15.2. The quantitative estimate of drug-likeness (QED) is 0.371. The molecule has 1 aromatic rings. The van der Waals surface area contributed by atoms with Gasteiger partial charge in [-0.15, -0.1) is 0 Å². The van der Waals surface area contributed by atoms with Gasteiger partial charge in [-0.05, 0) is 30.7 Å². The van der Waals surface area contributed by atoms with Crippen LogP contribution in [0.4, 0.5) is 4.39 Å². The highest BCUT2D eigenvalue weighted by Crippen LogP contribution is 2.13. The summed E-state index contributed by atoms with van der Waals surface area (Å²) in [5, 5.41) is 11.5. The number of carbonyl (C=O) groups is 1. The third-order valence-corrected chi connectivity index (χ3v) is 3.46. The smallest absolute Gasteiger partial charge is 0.254 e. The summed E-state index contributed by atoms with van der Waals surface area (Å²) < 4.78 is 13.4. The van der Waals surface area contributed by atoms with Crippen molar-refractivity contribution in [1.29, 1.82) is 0 Å². The SMILES string of the molecule is Cc1cc(F)cc(C(=O)N2CCN(C/C(N)=N/O)CC2)c1. The van der Waals surface area contributed by atoms with Crippen LogP contribution in [0, 0.1) is 12.7 Å². The number of nitrogens with two attached hydrogens (primary N) is 1. The van der Waals surface area contributed by atoms with Crippen LogP contribution < -0.4 is 5.73 Å². The van der Waals surface area contributed by atoms with E-state index in [0.717, 1.165) is 5.56 Å². The minimum atomic E-state index is -0.399. The number of piperazine rings is 1. The molecule has 1 aromatic carbocycles. The zero-order valence-corrected chi connectivity index (χ0v) is 11.9. The van der Waals surface area contributed by atoms with Gasteiger partial charge < -0.3 is 15.8 Å². The van der Waals surface area contributed by atoms with Crippen molar-refractivity contribution in [3.05, 3.63) is 35.1 Å². The average molecular weight is 294 g/mol. The van der Waals surface area contributed by atoms with Gasteiger partial charge in [0.1, 0.15) is 5.82 Å². The van der Waals surface area contributed by atoms with Gasteiger partial charge in [0.25, 0.3) is 5.91 Å². The maximum Gasteiger partial charge on any atom is 0.254 e. The van der Waals surface area contributed by atoms with Crippen LogP contribution in [0.5, 0.6) is 0 Å². The topological polar surface area (TPSA) is 82.2 Å². The first-order chi connectivity index (χ1) is 9.99. The van der Waals surface area contributed by atoms with Crippen LogP contribution in [0.15, 0.2) is 23.4 Å². The fraction of sp³-hybridized carbons (Fsp3) is 0.429. The second-order valence-electron chi connectivity index (χ2n) is 5.18. The molecular formula is C14H19FN4O2. The molecule has 7 heteroatoms. The van der Waals surface area contributed by atoms with Crippen molar-refractivity contribution in [2.75, 3.05) is 32.7 Å². The van der Waals surface area contributed by atoms with E-state index in [9.17, 15) is 9.18 Å². The molecule has 1 amide bonds. The highest BCUT2D eigenvalue weighted by Gasteiger charge is 2.23. The lowest BCUT2D eigenvalue weighted by Crippen LogP contribution is -2.50. The molecule has 0 unspecified atom stereocenters. The number of rotatable bonds is 3. The number of oxime groups is 1. The maximum absolute atomic E-state index is 13.4. The summed E-state index contributed by atoms with van der Waals surface area (Å²) in [6.07, 6.45) is 0. The van der Waals surface area contributed by atoms with Crippen molar-refractivity contribution in [3.8, 4) is 0 Å². The van der Waals surface area contributed by atoms with Gasteiger partial charge >= 0.3 is 0 Å². The lowest BCUT2D eigenvalue weighted by Gasteiger charge is -2.34. The summed E-state index contributed by atoms with van der Waals surface area (Å²) >= 11 is 0. The normalized spacial score (nSPS) is 17.0. The van der Waals surface area contributed by atoms with E-state index in [-0.39, 0.29) is 11.7 Å². The van der Waals surface area contributed by atoms with Crippen molar-refractivity contribution in [2.45, 2.75) is 6.92 Å². The number of aryl methyl sites for hydroxylation is 1. The molecule has 0 atom stereocenters. The van der Waals surface area contributed by atoms with Gasteiger partial charge in [-0.3, -0.25) is 9.69 Å². The molecule has 1 fully saturated rings. The second-order valence-corrected chi connectivity index (χ2v) is 5.18. The predicted molar refractivity (Wildman–Crippen MR) is 76.9 cm³/mol. The zero-order valence-electron chi connectivity index (χ0n) is 11.9. The summed E-state index contributed by atoms with van der Waals surface area (Å²) in [4.78, 5) is 16.0. The van der Waals surface area contributed by atoms with Crippen LogP contribution in [0.2, 0.25) is 0 Å². The largest absolute Gasteiger partial charge is 0.409 e. The first-order valence-electron chi connectivity index (χ1n) is 6.75. The van der Waals surface area contributed by atoms with E-state index in [1.807, 2.05) is 4.90 Å². The zero-order chi connectivity index (χ0) is 15.4. The Morgan fingerprint density at radius 2 is 2.00 bits per heavy atom. The number of halogens is 1. The molecule has 1 aliphatic rings. The van der Waals surface area contributed by atoms with Crippen LogP contribution in [-0.4, -0.2) is 59.5 Å². The molecule has 1 saturated heterocycles. The Kier molecular flexibility index (Phi) is 4.74. The molecule has 21 heavy (non-hydrogen) atoms. The highest BCUT2D eigenvalue weighted by atomic mass is 19.1. The van der Waals surface area contributed by atoms with Crippen molar-refractivity contribution >= 4 is 11.7 Å². The number of carbonyl (C=O) groups excluding carboxylic acids is 1. The molecule has 0 aliphatic carbocycles. The molecule has 0 radical (unpaired) electrons. The van der Waals surface area contributed by atoms with Crippen molar-refractivity contribution in [3.63, 3.8) is 0 Å². The molecule has 2 rings (SSSR count). The Balaban J connectivity index is 1.97. The van der Waals surface area contributed by atoms with Gasteiger partial charge in [0.2, 0.25) is 0 Å². The van der Waals surface area contributed by atoms with Crippen LogP contribution in [0.3, 0.4) is 0 Å². The van der Waals surface area contributed by atoms with Gasteiger partial charge in [-0.1, -0.05) is 5.16 Å². The number of hydrogen-bond acceptors (Lipinski definition) is 4. The number of hydrogen-bond donors (Lipinski definition) is 2. The Bertz CT molecular complexity index is 534. The van der Waals surface area contributed by atoms with Crippen molar-refractivity contribution in [2.24, 2.45) is 10.9 Å².